The summed E-state index contributed by atoms with van der Waals surface area (Å²) in [5.74, 6) is 0.141. The molecule has 0 saturated carbocycles. The Labute approximate surface area is 159 Å². The van der Waals surface area contributed by atoms with E-state index in [9.17, 15) is 9.18 Å². The van der Waals surface area contributed by atoms with Crippen molar-refractivity contribution in [3.63, 3.8) is 0 Å². The largest absolute Gasteiger partial charge is 0.411 e. The molecular weight excluding hydrogens is 377 g/mol. The van der Waals surface area contributed by atoms with E-state index in [0.29, 0.717) is 29.1 Å². The van der Waals surface area contributed by atoms with Crippen molar-refractivity contribution in [2.45, 2.75) is 11.6 Å². The van der Waals surface area contributed by atoms with Gasteiger partial charge in [-0.25, -0.2) is 4.39 Å². The first-order chi connectivity index (χ1) is 12.6. The van der Waals surface area contributed by atoms with Gasteiger partial charge in [-0.1, -0.05) is 35.5 Å². The molecule has 0 aliphatic heterocycles. The van der Waals surface area contributed by atoms with Crippen LogP contribution in [0.1, 0.15) is 5.56 Å². The van der Waals surface area contributed by atoms with Crippen LogP contribution in [0.15, 0.2) is 58.2 Å². The van der Waals surface area contributed by atoms with Crippen LogP contribution in [0.3, 0.4) is 0 Å². The number of carbonyl (C=O) groups is 1. The quantitative estimate of drug-likeness (QED) is 0.617. The highest BCUT2D eigenvalue weighted by molar-refractivity contribution is 7.99. The summed E-state index contributed by atoms with van der Waals surface area (Å²) in [5.41, 5.74) is 1.72. The molecule has 134 valence electrons. The number of halogens is 2. The van der Waals surface area contributed by atoms with E-state index >= 15 is 0 Å². The molecule has 2 aromatic carbocycles. The summed E-state index contributed by atoms with van der Waals surface area (Å²) in [5, 5.41) is 11.6. The van der Waals surface area contributed by atoms with Gasteiger partial charge in [0, 0.05) is 17.1 Å². The standard InChI is InChI=1S/C18H15ClFN3O2S/c19-14-5-3-13(4-6-14)17-22-23-18(25-17)26-11-16(24)21-10-9-12-1-7-15(20)8-2-12/h1-8H,9-11H2,(H,21,24). The predicted octanol–water partition coefficient (Wildman–Crippen LogP) is 3.98. The minimum Gasteiger partial charge on any atom is -0.411 e. The Hall–Kier alpha value is -2.38. The molecule has 0 aliphatic rings. The lowest BCUT2D eigenvalue weighted by Crippen LogP contribution is -2.27. The molecule has 1 aromatic heterocycles. The average Bonchev–Trinajstić information content (AvgIpc) is 3.11. The minimum absolute atomic E-state index is 0.136. The molecule has 5 nitrogen and oxygen atoms in total. The van der Waals surface area contributed by atoms with Gasteiger partial charge in [-0.15, -0.1) is 10.2 Å². The molecule has 0 fully saturated rings. The van der Waals surface area contributed by atoms with Gasteiger partial charge >= 0.3 is 0 Å². The van der Waals surface area contributed by atoms with Crippen LogP contribution in [0.25, 0.3) is 11.5 Å². The first-order valence-electron chi connectivity index (χ1n) is 7.83. The highest BCUT2D eigenvalue weighted by Gasteiger charge is 2.11. The molecule has 1 amide bonds. The van der Waals surface area contributed by atoms with E-state index in [2.05, 4.69) is 15.5 Å². The van der Waals surface area contributed by atoms with E-state index in [1.165, 1.54) is 23.9 Å². The van der Waals surface area contributed by atoms with E-state index in [1.807, 2.05) is 0 Å². The van der Waals surface area contributed by atoms with Gasteiger partial charge in [-0.3, -0.25) is 4.79 Å². The molecule has 1 heterocycles. The Morgan fingerprint density at radius 2 is 1.85 bits per heavy atom. The van der Waals surface area contributed by atoms with Crippen molar-refractivity contribution in [2.24, 2.45) is 0 Å². The summed E-state index contributed by atoms with van der Waals surface area (Å²) in [4.78, 5) is 11.9. The van der Waals surface area contributed by atoms with Crippen molar-refractivity contribution >= 4 is 29.3 Å². The van der Waals surface area contributed by atoms with Crippen molar-refractivity contribution in [1.82, 2.24) is 15.5 Å². The number of nitrogens with zero attached hydrogens (tertiary/aromatic N) is 2. The van der Waals surface area contributed by atoms with Crippen molar-refractivity contribution in [3.8, 4) is 11.5 Å². The maximum absolute atomic E-state index is 12.8. The lowest BCUT2D eigenvalue weighted by Gasteiger charge is -2.04. The number of benzene rings is 2. The zero-order valence-corrected chi connectivity index (χ0v) is 15.2. The normalized spacial score (nSPS) is 10.7. The van der Waals surface area contributed by atoms with Crippen LogP contribution in [-0.4, -0.2) is 28.4 Å². The molecular formula is C18H15ClFN3O2S. The first kappa shape index (κ1) is 18.4. The lowest BCUT2D eigenvalue weighted by atomic mass is 10.1. The molecule has 0 bridgehead atoms. The van der Waals surface area contributed by atoms with Crippen molar-refractivity contribution in [3.05, 3.63) is 64.9 Å². The van der Waals surface area contributed by atoms with Crippen LogP contribution < -0.4 is 5.32 Å². The molecule has 0 spiro atoms. The van der Waals surface area contributed by atoms with Gasteiger partial charge in [0.15, 0.2) is 0 Å². The predicted molar refractivity (Wildman–Crippen MR) is 98.6 cm³/mol. The minimum atomic E-state index is -0.272. The van der Waals surface area contributed by atoms with Crippen LogP contribution >= 0.6 is 23.4 Å². The summed E-state index contributed by atoms with van der Waals surface area (Å²) in [6, 6.07) is 13.3. The number of hydrogen-bond donors (Lipinski definition) is 1. The van der Waals surface area contributed by atoms with Crippen molar-refractivity contribution < 1.29 is 13.6 Å². The first-order valence-corrected chi connectivity index (χ1v) is 9.20. The van der Waals surface area contributed by atoms with Crippen LogP contribution in [0, 0.1) is 5.82 Å². The second-order valence-electron chi connectivity index (χ2n) is 5.40. The highest BCUT2D eigenvalue weighted by Crippen LogP contribution is 2.24. The Morgan fingerprint density at radius 1 is 1.12 bits per heavy atom. The third kappa shape index (κ3) is 5.31. The number of carbonyl (C=O) groups excluding carboxylic acids is 1. The maximum atomic E-state index is 12.8. The van der Waals surface area contributed by atoms with Gasteiger partial charge in [0.25, 0.3) is 5.22 Å². The summed E-state index contributed by atoms with van der Waals surface area (Å²) in [6.07, 6.45) is 0.637. The van der Waals surface area contributed by atoms with Crippen molar-refractivity contribution in [2.75, 3.05) is 12.3 Å². The number of aromatic nitrogens is 2. The van der Waals surface area contributed by atoms with Gasteiger partial charge in [-0.2, -0.15) is 0 Å². The second-order valence-corrected chi connectivity index (χ2v) is 6.76. The summed E-state index contributed by atoms with van der Waals surface area (Å²) in [6.45, 7) is 0.477. The Bertz CT molecular complexity index is 869. The lowest BCUT2D eigenvalue weighted by molar-refractivity contribution is -0.118. The summed E-state index contributed by atoms with van der Waals surface area (Å²) >= 11 is 7.01. The molecule has 0 aliphatic carbocycles. The highest BCUT2D eigenvalue weighted by atomic mass is 35.5. The molecule has 3 aromatic rings. The fraction of sp³-hybridized carbons (Fsp3) is 0.167. The van der Waals surface area contributed by atoms with E-state index < -0.39 is 0 Å². The second kappa shape index (κ2) is 8.82. The SMILES string of the molecule is O=C(CSc1nnc(-c2ccc(Cl)cc2)o1)NCCc1ccc(F)cc1. The van der Waals surface area contributed by atoms with Crippen LogP contribution in [0.5, 0.6) is 0 Å². The van der Waals surface area contributed by atoms with Gasteiger partial charge in [-0.05, 0) is 48.4 Å². The Balaban J connectivity index is 1.43. The number of nitrogens with one attached hydrogen (secondary N) is 1. The van der Waals surface area contributed by atoms with E-state index in [-0.39, 0.29) is 17.5 Å². The molecule has 0 saturated heterocycles. The smallest absolute Gasteiger partial charge is 0.277 e. The van der Waals surface area contributed by atoms with Gasteiger partial charge in [0.05, 0.1) is 5.75 Å². The van der Waals surface area contributed by atoms with Gasteiger partial charge < -0.3 is 9.73 Å². The van der Waals surface area contributed by atoms with Crippen LogP contribution in [0.4, 0.5) is 4.39 Å². The Morgan fingerprint density at radius 3 is 2.58 bits per heavy atom. The maximum Gasteiger partial charge on any atom is 0.277 e. The summed E-state index contributed by atoms with van der Waals surface area (Å²) < 4.78 is 18.4. The van der Waals surface area contributed by atoms with Crippen LogP contribution in [0.2, 0.25) is 5.02 Å². The average molecular weight is 392 g/mol. The number of rotatable bonds is 7. The van der Waals surface area contributed by atoms with E-state index in [1.54, 1.807) is 36.4 Å². The molecule has 8 heteroatoms. The molecule has 1 N–H and O–H groups in total. The summed E-state index contributed by atoms with van der Waals surface area (Å²) in [7, 11) is 0. The zero-order valence-electron chi connectivity index (χ0n) is 13.6. The topological polar surface area (TPSA) is 68.0 Å². The Kier molecular flexibility index (Phi) is 6.25. The molecule has 0 atom stereocenters. The number of amides is 1. The van der Waals surface area contributed by atoms with E-state index in [4.69, 9.17) is 16.0 Å². The van der Waals surface area contributed by atoms with Crippen LogP contribution in [-0.2, 0) is 11.2 Å². The van der Waals surface area contributed by atoms with E-state index in [0.717, 1.165) is 11.1 Å². The molecule has 0 unspecified atom stereocenters. The number of thioether (sulfide) groups is 1. The van der Waals surface area contributed by atoms with Gasteiger partial charge in [0.1, 0.15) is 5.82 Å². The van der Waals surface area contributed by atoms with Crippen molar-refractivity contribution in [1.29, 1.82) is 0 Å². The zero-order chi connectivity index (χ0) is 18.4. The number of hydrogen-bond acceptors (Lipinski definition) is 5. The van der Waals surface area contributed by atoms with Gasteiger partial charge in [0.2, 0.25) is 11.8 Å². The fourth-order valence-electron chi connectivity index (χ4n) is 2.15. The fourth-order valence-corrected chi connectivity index (χ4v) is 2.87. The monoisotopic (exact) mass is 391 g/mol. The molecule has 0 radical (unpaired) electrons. The third-order valence-corrected chi connectivity index (χ3v) is 4.54. The third-order valence-electron chi connectivity index (χ3n) is 3.47. The molecule has 26 heavy (non-hydrogen) atoms. The molecule has 3 rings (SSSR count).